The molecule has 2 heterocycles. The molecule has 0 aliphatic carbocycles. The molecular formula is C10H9ClN4S. The lowest BCUT2D eigenvalue weighted by Gasteiger charge is -2.05. The summed E-state index contributed by atoms with van der Waals surface area (Å²) in [4.78, 5) is 12.2. The van der Waals surface area contributed by atoms with E-state index in [0.29, 0.717) is 10.0 Å². The van der Waals surface area contributed by atoms with Crippen LogP contribution in [0.2, 0.25) is 5.02 Å². The van der Waals surface area contributed by atoms with Crippen molar-refractivity contribution in [3.63, 3.8) is 0 Å². The maximum absolute atomic E-state index is 6.01. The Morgan fingerprint density at radius 1 is 1.31 bits per heavy atom. The third kappa shape index (κ3) is 2.43. The fraction of sp³-hybridized carbons (Fsp3) is 0.100. The van der Waals surface area contributed by atoms with Gasteiger partial charge in [-0.05, 0) is 30.8 Å². The second kappa shape index (κ2) is 4.67. The zero-order chi connectivity index (χ0) is 11.5. The van der Waals surface area contributed by atoms with Gasteiger partial charge in [0, 0.05) is 18.0 Å². The van der Waals surface area contributed by atoms with Crippen LogP contribution in [0.1, 0.15) is 5.56 Å². The van der Waals surface area contributed by atoms with Gasteiger partial charge in [0.15, 0.2) is 0 Å². The van der Waals surface area contributed by atoms with E-state index in [2.05, 4.69) is 15.0 Å². The molecule has 4 nitrogen and oxygen atoms in total. The van der Waals surface area contributed by atoms with Crippen LogP contribution >= 0.6 is 23.4 Å². The van der Waals surface area contributed by atoms with Crippen LogP contribution in [0, 0.1) is 6.92 Å². The van der Waals surface area contributed by atoms with E-state index >= 15 is 0 Å². The van der Waals surface area contributed by atoms with Crippen LogP contribution in [0.4, 0.5) is 5.95 Å². The highest BCUT2D eigenvalue weighted by Crippen LogP contribution is 2.31. The quantitative estimate of drug-likeness (QED) is 0.833. The predicted octanol–water partition coefficient (Wildman–Crippen LogP) is 2.57. The Bertz CT molecular complexity index is 518. The number of nitrogens with zero attached hydrogens (tertiary/aromatic N) is 3. The summed E-state index contributed by atoms with van der Waals surface area (Å²) in [7, 11) is 0. The fourth-order valence-electron chi connectivity index (χ4n) is 1.08. The van der Waals surface area contributed by atoms with E-state index in [1.165, 1.54) is 11.8 Å². The van der Waals surface area contributed by atoms with E-state index in [1.54, 1.807) is 24.5 Å². The molecule has 0 fully saturated rings. The van der Waals surface area contributed by atoms with Crippen molar-refractivity contribution in [2.75, 3.05) is 5.73 Å². The monoisotopic (exact) mass is 252 g/mol. The predicted molar refractivity (Wildman–Crippen MR) is 64.6 cm³/mol. The minimum atomic E-state index is 0.250. The first-order valence-corrected chi connectivity index (χ1v) is 5.74. The summed E-state index contributed by atoms with van der Waals surface area (Å²) >= 11 is 7.39. The van der Waals surface area contributed by atoms with Crippen molar-refractivity contribution < 1.29 is 0 Å². The Morgan fingerprint density at radius 3 is 2.88 bits per heavy atom. The van der Waals surface area contributed by atoms with E-state index in [9.17, 15) is 0 Å². The van der Waals surface area contributed by atoms with Gasteiger partial charge in [-0.3, -0.25) is 0 Å². The van der Waals surface area contributed by atoms with Gasteiger partial charge in [0.25, 0.3) is 0 Å². The van der Waals surface area contributed by atoms with Crippen LogP contribution in [0.3, 0.4) is 0 Å². The molecule has 0 saturated heterocycles. The number of aryl methyl sites for hydroxylation is 1. The maximum Gasteiger partial charge on any atom is 0.221 e. The first kappa shape index (κ1) is 11.2. The number of nitrogen functional groups attached to an aromatic ring is 1. The van der Waals surface area contributed by atoms with Gasteiger partial charge >= 0.3 is 0 Å². The molecule has 2 rings (SSSR count). The Morgan fingerprint density at radius 2 is 2.12 bits per heavy atom. The van der Waals surface area contributed by atoms with Crippen LogP contribution in [0.5, 0.6) is 0 Å². The Balaban J connectivity index is 2.34. The number of nitrogens with two attached hydrogens (primary N) is 1. The number of aromatic nitrogens is 3. The van der Waals surface area contributed by atoms with Crippen molar-refractivity contribution in [1.29, 1.82) is 0 Å². The van der Waals surface area contributed by atoms with Gasteiger partial charge in [0.2, 0.25) is 5.95 Å². The molecule has 0 radical (unpaired) electrons. The summed E-state index contributed by atoms with van der Waals surface area (Å²) in [5.41, 5.74) is 6.48. The molecular weight excluding hydrogens is 244 g/mol. The SMILES string of the molecule is Cc1cnc(N)nc1Sc1ncccc1Cl. The molecule has 0 aromatic carbocycles. The fourth-order valence-corrected chi connectivity index (χ4v) is 2.13. The smallest absolute Gasteiger partial charge is 0.221 e. The first-order valence-electron chi connectivity index (χ1n) is 4.54. The van der Waals surface area contributed by atoms with Crippen molar-refractivity contribution >= 4 is 29.3 Å². The van der Waals surface area contributed by atoms with Crippen LogP contribution in [0.15, 0.2) is 34.6 Å². The molecule has 2 N–H and O–H groups in total. The van der Waals surface area contributed by atoms with Gasteiger partial charge in [-0.1, -0.05) is 11.6 Å². The Kier molecular flexibility index (Phi) is 3.26. The minimum absolute atomic E-state index is 0.250. The molecule has 2 aromatic heterocycles. The maximum atomic E-state index is 6.01. The second-order valence-corrected chi connectivity index (χ2v) is 4.49. The van der Waals surface area contributed by atoms with E-state index in [4.69, 9.17) is 17.3 Å². The second-order valence-electron chi connectivity index (χ2n) is 3.11. The van der Waals surface area contributed by atoms with Crippen molar-refractivity contribution in [2.24, 2.45) is 0 Å². The lowest BCUT2D eigenvalue weighted by Crippen LogP contribution is -1.97. The molecule has 82 valence electrons. The van der Waals surface area contributed by atoms with Crippen molar-refractivity contribution in [3.05, 3.63) is 35.1 Å². The number of pyridine rings is 1. The molecule has 0 atom stereocenters. The molecule has 6 heteroatoms. The number of rotatable bonds is 2. The van der Waals surface area contributed by atoms with Gasteiger partial charge in [-0.25, -0.2) is 15.0 Å². The molecule has 0 bridgehead atoms. The molecule has 0 aliphatic heterocycles. The topological polar surface area (TPSA) is 64.7 Å². The summed E-state index contributed by atoms with van der Waals surface area (Å²) in [5, 5.41) is 2.09. The summed E-state index contributed by atoms with van der Waals surface area (Å²) in [6.07, 6.45) is 3.37. The highest BCUT2D eigenvalue weighted by Gasteiger charge is 2.08. The molecule has 16 heavy (non-hydrogen) atoms. The van der Waals surface area contributed by atoms with Crippen molar-refractivity contribution in [3.8, 4) is 0 Å². The lowest BCUT2D eigenvalue weighted by molar-refractivity contribution is 1.01. The van der Waals surface area contributed by atoms with Crippen molar-refractivity contribution in [2.45, 2.75) is 17.0 Å². The molecule has 0 saturated carbocycles. The summed E-state index contributed by atoms with van der Waals surface area (Å²) in [5.74, 6) is 0.250. The van der Waals surface area contributed by atoms with Crippen LogP contribution < -0.4 is 5.73 Å². The minimum Gasteiger partial charge on any atom is -0.368 e. The third-order valence-corrected chi connectivity index (χ3v) is 3.40. The number of halogens is 1. The molecule has 0 amide bonds. The normalized spacial score (nSPS) is 10.4. The molecule has 0 aliphatic rings. The van der Waals surface area contributed by atoms with E-state index in [0.717, 1.165) is 10.6 Å². The number of hydrogen-bond donors (Lipinski definition) is 1. The van der Waals surface area contributed by atoms with Crippen LogP contribution in [-0.4, -0.2) is 15.0 Å². The van der Waals surface area contributed by atoms with Gasteiger partial charge in [-0.2, -0.15) is 0 Å². The zero-order valence-electron chi connectivity index (χ0n) is 8.51. The third-order valence-electron chi connectivity index (χ3n) is 1.86. The average molecular weight is 253 g/mol. The number of hydrogen-bond acceptors (Lipinski definition) is 5. The highest BCUT2D eigenvalue weighted by atomic mass is 35.5. The standard InChI is InChI=1S/C10H9ClN4S/c1-6-5-14-10(12)15-8(6)16-9-7(11)3-2-4-13-9/h2-5H,1H3,(H2,12,14,15). The van der Waals surface area contributed by atoms with Gasteiger partial charge < -0.3 is 5.73 Å². The van der Waals surface area contributed by atoms with Gasteiger partial charge in [-0.15, -0.1) is 0 Å². The molecule has 0 unspecified atom stereocenters. The summed E-state index contributed by atoms with van der Waals surface area (Å²) in [6, 6.07) is 3.57. The summed E-state index contributed by atoms with van der Waals surface area (Å²) in [6.45, 7) is 1.92. The van der Waals surface area contributed by atoms with Crippen molar-refractivity contribution in [1.82, 2.24) is 15.0 Å². The largest absolute Gasteiger partial charge is 0.368 e. The van der Waals surface area contributed by atoms with E-state index in [1.807, 2.05) is 6.92 Å². The van der Waals surface area contributed by atoms with Crippen LogP contribution in [0.25, 0.3) is 0 Å². The average Bonchev–Trinajstić information content (AvgIpc) is 2.27. The zero-order valence-corrected chi connectivity index (χ0v) is 10.1. The highest BCUT2D eigenvalue weighted by molar-refractivity contribution is 7.99. The lowest BCUT2D eigenvalue weighted by atomic mass is 10.4. The first-order chi connectivity index (χ1) is 7.66. The number of anilines is 1. The van der Waals surface area contributed by atoms with E-state index in [-0.39, 0.29) is 5.95 Å². The van der Waals surface area contributed by atoms with E-state index < -0.39 is 0 Å². The van der Waals surface area contributed by atoms with Gasteiger partial charge in [0.1, 0.15) is 10.1 Å². The Labute approximate surface area is 102 Å². The van der Waals surface area contributed by atoms with Crippen LogP contribution in [-0.2, 0) is 0 Å². The molecule has 2 aromatic rings. The summed E-state index contributed by atoms with van der Waals surface area (Å²) < 4.78 is 0. The Hall–Kier alpha value is -1.33. The molecule has 0 spiro atoms. The van der Waals surface area contributed by atoms with Gasteiger partial charge in [0.05, 0.1) is 5.02 Å².